The molecule has 2 aromatic carbocycles. The van der Waals surface area contributed by atoms with E-state index in [0.717, 1.165) is 5.56 Å². The molecule has 21 heavy (non-hydrogen) atoms. The van der Waals surface area contributed by atoms with Crippen LogP contribution in [0.2, 0.25) is 0 Å². The quantitative estimate of drug-likeness (QED) is 0.604. The van der Waals surface area contributed by atoms with Gasteiger partial charge in [0.05, 0.1) is 13.5 Å². The monoisotopic (exact) mass is 284 g/mol. The summed E-state index contributed by atoms with van der Waals surface area (Å²) in [6.45, 7) is -0.252. The number of benzene rings is 2. The molecule has 0 spiro atoms. The molecule has 2 aromatic rings. The summed E-state index contributed by atoms with van der Waals surface area (Å²) in [7, 11) is 1.54. The first-order valence-corrected chi connectivity index (χ1v) is 6.56. The van der Waals surface area contributed by atoms with E-state index in [4.69, 9.17) is 9.47 Å². The van der Waals surface area contributed by atoms with Crippen molar-refractivity contribution in [2.24, 2.45) is 0 Å². The van der Waals surface area contributed by atoms with Crippen LogP contribution >= 0.6 is 0 Å². The number of para-hydroxylation sites is 1. The van der Waals surface area contributed by atoms with Crippen LogP contribution in [0.15, 0.2) is 54.6 Å². The van der Waals surface area contributed by atoms with Crippen LogP contribution in [0, 0.1) is 0 Å². The Labute approximate surface area is 123 Å². The second-order valence-electron chi connectivity index (χ2n) is 4.44. The predicted molar refractivity (Wildman–Crippen MR) is 78.4 cm³/mol. The minimum atomic E-state index is -0.455. The molecule has 4 heteroatoms. The summed E-state index contributed by atoms with van der Waals surface area (Å²) < 4.78 is 10.2. The lowest BCUT2D eigenvalue weighted by molar-refractivity contribution is -0.141. The van der Waals surface area contributed by atoms with Gasteiger partial charge >= 0.3 is 5.97 Å². The van der Waals surface area contributed by atoms with E-state index in [9.17, 15) is 9.59 Å². The van der Waals surface area contributed by atoms with E-state index in [-0.39, 0.29) is 18.8 Å². The lowest BCUT2D eigenvalue weighted by Crippen LogP contribution is -2.15. The van der Waals surface area contributed by atoms with E-state index in [1.807, 2.05) is 18.2 Å². The van der Waals surface area contributed by atoms with Gasteiger partial charge < -0.3 is 9.47 Å². The Hall–Kier alpha value is -2.62. The van der Waals surface area contributed by atoms with Crippen molar-refractivity contribution in [2.75, 3.05) is 13.7 Å². The Morgan fingerprint density at radius 3 is 2.33 bits per heavy atom. The third kappa shape index (κ3) is 4.18. The molecular weight excluding hydrogens is 268 g/mol. The molecule has 0 radical (unpaired) electrons. The highest BCUT2D eigenvalue weighted by Crippen LogP contribution is 2.18. The van der Waals surface area contributed by atoms with E-state index in [1.54, 1.807) is 43.5 Å². The maximum Gasteiger partial charge on any atom is 0.310 e. The maximum atomic E-state index is 11.8. The molecule has 0 amide bonds. The molecule has 0 N–H and O–H groups in total. The average molecular weight is 284 g/mol. The van der Waals surface area contributed by atoms with Crippen molar-refractivity contribution < 1.29 is 19.1 Å². The zero-order valence-electron chi connectivity index (χ0n) is 11.7. The van der Waals surface area contributed by atoms with Crippen molar-refractivity contribution in [1.82, 2.24) is 0 Å². The normalized spacial score (nSPS) is 9.95. The molecule has 108 valence electrons. The van der Waals surface area contributed by atoms with Gasteiger partial charge in [0.15, 0.2) is 12.4 Å². The smallest absolute Gasteiger partial charge is 0.310 e. The standard InChI is InChI=1S/C17H16O4/c1-20-16-10-6-5-9-14(16)11-17(19)21-12-15(18)13-7-3-2-4-8-13/h2-10H,11-12H2,1H3. The van der Waals surface area contributed by atoms with E-state index in [1.165, 1.54) is 0 Å². The number of hydrogen-bond donors (Lipinski definition) is 0. The first kappa shape index (κ1) is 14.8. The van der Waals surface area contributed by atoms with Crippen LogP contribution < -0.4 is 4.74 Å². The summed E-state index contributed by atoms with van der Waals surface area (Å²) in [5, 5.41) is 0. The first-order valence-electron chi connectivity index (χ1n) is 6.56. The summed E-state index contributed by atoms with van der Waals surface area (Å²) in [4.78, 5) is 23.6. The molecule has 0 fully saturated rings. The van der Waals surface area contributed by atoms with Crippen molar-refractivity contribution >= 4 is 11.8 Å². The fourth-order valence-corrected chi connectivity index (χ4v) is 1.91. The largest absolute Gasteiger partial charge is 0.496 e. The van der Waals surface area contributed by atoms with E-state index >= 15 is 0 Å². The third-order valence-electron chi connectivity index (χ3n) is 2.99. The summed E-state index contributed by atoms with van der Waals surface area (Å²) in [5.74, 6) is -0.0448. The molecule has 0 saturated heterocycles. The third-order valence-corrected chi connectivity index (χ3v) is 2.99. The van der Waals surface area contributed by atoms with Crippen LogP contribution in [0.4, 0.5) is 0 Å². The van der Waals surface area contributed by atoms with Crippen LogP contribution in [-0.2, 0) is 16.0 Å². The van der Waals surface area contributed by atoms with Gasteiger partial charge in [-0.3, -0.25) is 9.59 Å². The molecule has 0 heterocycles. The lowest BCUT2D eigenvalue weighted by atomic mass is 10.1. The highest BCUT2D eigenvalue weighted by atomic mass is 16.5. The Bertz CT molecular complexity index is 620. The molecule has 0 atom stereocenters. The fraction of sp³-hybridized carbons (Fsp3) is 0.176. The van der Waals surface area contributed by atoms with Gasteiger partial charge in [0.1, 0.15) is 5.75 Å². The minimum Gasteiger partial charge on any atom is -0.496 e. The molecule has 0 bridgehead atoms. The van der Waals surface area contributed by atoms with Crippen LogP contribution in [0.3, 0.4) is 0 Å². The van der Waals surface area contributed by atoms with E-state index < -0.39 is 5.97 Å². The fourth-order valence-electron chi connectivity index (χ4n) is 1.91. The number of rotatable bonds is 6. The van der Waals surface area contributed by atoms with Gasteiger partial charge in [0.2, 0.25) is 0 Å². The van der Waals surface area contributed by atoms with Gasteiger partial charge in [-0.1, -0.05) is 48.5 Å². The number of carbonyl (C=O) groups is 2. The molecule has 2 rings (SSSR count). The second kappa shape index (κ2) is 7.24. The van der Waals surface area contributed by atoms with Gasteiger partial charge in [-0.15, -0.1) is 0 Å². The van der Waals surface area contributed by atoms with Gasteiger partial charge in [-0.2, -0.15) is 0 Å². The summed E-state index contributed by atoms with van der Waals surface area (Å²) in [6, 6.07) is 16.0. The summed E-state index contributed by atoms with van der Waals surface area (Å²) >= 11 is 0. The number of hydrogen-bond acceptors (Lipinski definition) is 4. The zero-order chi connectivity index (χ0) is 15.1. The number of ether oxygens (including phenoxy) is 2. The Morgan fingerprint density at radius 2 is 1.62 bits per heavy atom. The van der Waals surface area contributed by atoms with Crippen molar-refractivity contribution in [2.45, 2.75) is 6.42 Å². The van der Waals surface area contributed by atoms with Crippen molar-refractivity contribution in [3.8, 4) is 5.75 Å². The second-order valence-corrected chi connectivity index (χ2v) is 4.44. The van der Waals surface area contributed by atoms with Crippen molar-refractivity contribution in [1.29, 1.82) is 0 Å². The van der Waals surface area contributed by atoms with Gasteiger partial charge in [0, 0.05) is 11.1 Å². The first-order chi connectivity index (χ1) is 10.2. The summed E-state index contributed by atoms with van der Waals surface area (Å²) in [5.41, 5.74) is 1.26. The highest BCUT2D eigenvalue weighted by Gasteiger charge is 2.12. The molecular formula is C17H16O4. The molecule has 0 aliphatic rings. The molecule has 0 aliphatic carbocycles. The van der Waals surface area contributed by atoms with Gasteiger partial charge in [-0.25, -0.2) is 0 Å². The molecule has 0 saturated carbocycles. The van der Waals surface area contributed by atoms with Crippen molar-refractivity contribution in [3.63, 3.8) is 0 Å². The average Bonchev–Trinajstić information content (AvgIpc) is 2.54. The van der Waals surface area contributed by atoms with Crippen LogP contribution in [0.1, 0.15) is 15.9 Å². The minimum absolute atomic E-state index is 0.0755. The van der Waals surface area contributed by atoms with Crippen LogP contribution in [-0.4, -0.2) is 25.5 Å². The molecule has 0 aliphatic heterocycles. The van der Waals surface area contributed by atoms with Gasteiger partial charge in [0.25, 0.3) is 0 Å². The van der Waals surface area contributed by atoms with Crippen LogP contribution in [0.25, 0.3) is 0 Å². The summed E-state index contributed by atoms with van der Waals surface area (Å²) in [6.07, 6.45) is 0.0755. The number of ketones is 1. The highest BCUT2D eigenvalue weighted by molar-refractivity contribution is 5.97. The predicted octanol–water partition coefficient (Wildman–Crippen LogP) is 2.66. The van der Waals surface area contributed by atoms with Crippen molar-refractivity contribution in [3.05, 3.63) is 65.7 Å². The number of Topliss-reactive ketones (excluding diaryl/α,β-unsaturated/α-hetero) is 1. The Kier molecular flexibility index (Phi) is 5.10. The van der Waals surface area contributed by atoms with Gasteiger partial charge in [-0.05, 0) is 6.07 Å². The topological polar surface area (TPSA) is 52.6 Å². The molecule has 0 unspecified atom stereocenters. The SMILES string of the molecule is COc1ccccc1CC(=O)OCC(=O)c1ccccc1. The molecule has 0 aromatic heterocycles. The Balaban J connectivity index is 1.89. The van der Waals surface area contributed by atoms with E-state index in [2.05, 4.69) is 0 Å². The zero-order valence-corrected chi connectivity index (χ0v) is 11.7. The van der Waals surface area contributed by atoms with Crippen LogP contribution in [0.5, 0.6) is 5.75 Å². The number of methoxy groups -OCH3 is 1. The number of carbonyl (C=O) groups excluding carboxylic acids is 2. The number of esters is 1. The maximum absolute atomic E-state index is 11.8. The van der Waals surface area contributed by atoms with E-state index in [0.29, 0.717) is 11.3 Å². The molecule has 4 nitrogen and oxygen atoms in total. The Morgan fingerprint density at radius 1 is 0.952 bits per heavy atom. The lowest BCUT2D eigenvalue weighted by Gasteiger charge is -2.08.